The van der Waals surface area contributed by atoms with Crippen molar-refractivity contribution in [3.8, 4) is 5.75 Å². The molecule has 0 radical (unpaired) electrons. The van der Waals surface area contributed by atoms with Gasteiger partial charge in [0, 0.05) is 35.5 Å². The second-order valence-corrected chi connectivity index (χ2v) is 5.43. The van der Waals surface area contributed by atoms with Crippen LogP contribution in [0.15, 0.2) is 29.3 Å². The van der Waals surface area contributed by atoms with Crippen LogP contribution in [0.1, 0.15) is 40.5 Å². The molecule has 2 aliphatic rings. The van der Waals surface area contributed by atoms with Gasteiger partial charge in [-0.2, -0.15) is 0 Å². The van der Waals surface area contributed by atoms with Gasteiger partial charge in [0.25, 0.3) is 0 Å². The molecule has 1 N–H and O–H groups in total. The molecule has 22 heavy (non-hydrogen) atoms. The minimum Gasteiger partial charge on any atom is -0.550 e. The quantitative estimate of drug-likeness (QED) is 0.847. The number of hydrogen-bond acceptors (Lipinski definition) is 6. The Morgan fingerprint density at radius 2 is 2.09 bits per heavy atom. The Labute approximate surface area is 126 Å². The van der Waals surface area contributed by atoms with Crippen LogP contribution in [-0.4, -0.2) is 34.9 Å². The standard InChI is InChI=1S/C16H14O6/c1-7-13-10(5-8(22-7)6-12(18)19)15(20)9-3-2-4-11(17)14(9)16(13)21/h2-4,7-8,17H,5-6H2,1H3,(H,18,19)/p-1/t7-,8+/m0/s1. The van der Waals surface area contributed by atoms with Crippen LogP contribution in [0.4, 0.5) is 0 Å². The molecule has 0 bridgehead atoms. The number of phenols is 1. The van der Waals surface area contributed by atoms with Gasteiger partial charge < -0.3 is 19.7 Å². The van der Waals surface area contributed by atoms with Crippen molar-refractivity contribution >= 4 is 17.5 Å². The Balaban J connectivity index is 2.08. The van der Waals surface area contributed by atoms with Gasteiger partial charge in [0.15, 0.2) is 11.6 Å². The number of carboxylic acid groups (broad SMARTS) is 1. The van der Waals surface area contributed by atoms with Crippen molar-refractivity contribution < 1.29 is 29.3 Å². The van der Waals surface area contributed by atoms with Gasteiger partial charge in [-0.25, -0.2) is 0 Å². The number of ether oxygens (including phenoxy) is 1. The Kier molecular flexibility index (Phi) is 3.33. The second kappa shape index (κ2) is 5.06. The number of benzene rings is 1. The number of ketones is 2. The maximum atomic E-state index is 12.6. The van der Waals surface area contributed by atoms with Crippen molar-refractivity contribution in [2.45, 2.75) is 32.0 Å². The van der Waals surface area contributed by atoms with Gasteiger partial charge in [-0.15, -0.1) is 0 Å². The summed E-state index contributed by atoms with van der Waals surface area (Å²) in [5, 5.41) is 20.6. The largest absolute Gasteiger partial charge is 0.550 e. The summed E-state index contributed by atoms with van der Waals surface area (Å²) in [6, 6.07) is 4.32. The average molecular weight is 301 g/mol. The van der Waals surface area contributed by atoms with E-state index < -0.39 is 24.0 Å². The number of rotatable bonds is 2. The summed E-state index contributed by atoms with van der Waals surface area (Å²) in [4.78, 5) is 35.9. The van der Waals surface area contributed by atoms with Crippen LogP contribution >= 0.6 is 0 Å². The number of phenolic OH excluding ortho intramolecular Hbond substituents is 1. The van der Waals surface area contributed by atoms with E-state index in [1.807, 2.05) is 0 Å². The SMILES string of the molecule is C[C@@H]1O[C@@H](CC(=O)[O-])CC2=C1C(=O)c1c(O)cccc1C2=O. The Morgan fingerprint density at radius 1 is 1.36 bits per heavy atom. The number of fused-ring (bicyclic) bond motifs is 1. The van der Waals surface area contributed by atoms with Crippen LogP contribution in [0.5, 0.6) is 5.75 Å². The Bertz CT molecular complexity index is 730. The van der Waals surface area contributed by atoms with Crippen molar-refractivity contribution in [3.63, 3.8) is 0 Å². The zero-order chi connectivity index (χ0) is 16.0. The molecule has 3 rings (SSSR count). The molecule has 6 nitrogen and oxygen atoms in total. The normalized spacial score (nSPS) is 24.0. The molecular weight excluding hydrogens is 288 g/mol. The zero-order valence-electron chi connectivity index (χ0n) is 11.8. The molecule has 0 saturated carbocycles. The number of hydrogen-bond donors (Lipinski definition) is 1. The van der Waals surface area contributed by atoms with Crippen molar-refractivity contribution in [1.82, 2.24) is 0 Å². The molecule has 0 unspecified atom stereocenters. The molecular formula is C16H13O6-. The molecule has 2 atom stereocenters. The number of Topliss-reactive ketones (excluding diaryl/α,β-unsaturated/α-hetero) is 2. The third-order valence-corrected chi connectivity index (χ3v) is 3.99. The fraction of sp³-hybridized carbons (Fsp3) is 0.312. The van der Waals surface area contributed by atoms with Crippen LogP contribution < -0.4 is 5.11 Å². The predicted octanol–water partition coefficient (Wildman–Crippen LogP) is 0.385. The van der Waals surface area contributed by atoms with Gasteiger partial charge in [0.1, 0.15) is 5.75 Å². The maximum absolute atomic E-state index is 12.6. The lowest BCUT2D eigenvalue weighted by atomic mass is 9.78. The summed E-state index contributed by atoms with van der Waals surface area (Å²) in [7, 11) is 0. The van der Waals surface area contributed by atoms with E-state index in [1.165, 1.54) is 18.2 Å². The van der Waals surface area contributed by atoms with Crippen LogP contribution in [0, 0.1) is 0 Å². The molecule has 114 valence electrons. The lowest BCUT2D eigenvalue weighted by Gasteiger charge is -2.34. The molecule has 0 spiro atoms. The summed E-state index contributed by atoms with van der Waals surface area (Å²) < 4.78 is 5.51. The monoisotopic (exact) mass is 301 g/mol. The third-order valence-electron chi connectivity index (χ3n) is 3.99. The molecule has 1 heterocycles. The number of carboxylic acids is 1. The minimum atomic E-state index is -1.27. The van der Waals surface area contributed by atoms with E-state index in [-0.39, 0.29) is 46.6 Å². The molecule has 0 amide bonds. The van der Waals surface area contributed by atoms with Gasteiger partial charge in [0.2, 0.25) is 0 Å². The van der Waals surface area contributed by atoms with Crippen LogP contribution in [0.2, 0.25) is 0 Å². The molecule has 6 heteroatoms. The Morgan fingerprint density at radius 3 is 2.77 bits per heavy atom. The van der Waals surface area contributed by atoms with Crippen molar-refractivity contribution in [2.24, 2.45) is 0 Å². The van der Waals surface area contributed by atoms with E-state index in [0.29, 0.717) is 0 Å². The molecule has 1 aliphatic heterocycles. The first-order valence-corrected chi connectivity index (χ1v) is 6.90. The maximum Gasteiger partial charge on any atom is 0.196 e. The highest BCUT2D eigenvalue weighted by molar-refractivity contribution is 6.28. The van der Waals surface area contributed by atoms with E-state index in [0.717, 1.165) is 0 Å². The molecule has 0 aromatic heterocycles. The number of carbonyl (C=O) groups excluding carboxylic acids is 3. The summed E-state index contributed by atoms with van der Waals surface area (Å²) in [6.07, 6.45) is -1.70. The van der Waals surface area contributed by atoms with E-state index >= 15 is 0 Å². The summed E-state index contributed by atoms with van der Waals surface area (Å²) in [6.45, 7) is 1.59. The molecule has 1 aromatic carbocycles. The van der Waals surface area contributed by atoms with Crippen molar-refractivity contribution in [3.05, 3.63) is 40.5 Å². The smallest absolute Gasteiger partial charge is 0.196 e. The van der Waals surface area contributed by atoms with E-state index in [9.17, 15) is 24.6 Å². The van der Waals surface area contributed by atoms with Crippen LogP contribution in [0.25, 0.3) is 0 Å². The predicted molar refractivity (Wildman–Crippen MR) is 72.4 cm³/mol. The summed E-state index contributed by atoms with van der Waals surface area (Å²) in [5.41, 5.74) is 0.604. The highest BCUT2D eigenvalue weighted by atomic mass is 16.5. The molecule has 1 aliphatic carbocycles. The first-order chi connectivity index (χ1) is 10.4. The number of aliphatic carboxylic acids is 1. The topological polar surface area (TPSA) is 104 Å². The van der Waals surface area contributed by atoms with Crippen LogP contribution in [0.3, 0.4) is 0 Å². The lowest BCUT2D eigenvalue weighted by Crippen LogP contribution is -2.39. The Hall–Kier alpha value is -2.47. The van der Waals surface area contributed by atoms with Crippen molar-refractivity contribution in [2.75, 3.05) is 0 Å². The van der Waals surface area contributed by atoms with Gasteiger partial charge in [0.05, 0.1) is 17.8 Å². The van der Waals surface area contributed by atoms with Crippen molar-refractivity contribution in [1.29, 1.82) is 0 Å². The first kappa shape index (κ1) is 14.5. The summed E-state index contributed by atoms with van der Waals surface area (Å²) in [5.74, 6) is -2.32. The lowest BCUT2D eigenvalue weighted by molar-refractivity contribution is -0.308. The van der Waals surface area contributed by atoms with Gasteiger partial charge in [-0.3, -0.25) is 9.59 Å². The minimum absolute atomic E-state index is 0.0138. The fourth-order valence-electron chi connectivity index (χ4n) is 3.10. The highest BCUT2D eigenvalue weighted by Crippen LogP contribution is 2.38. The number of carbonyl (C=O) groups is 3. The first-order valence-electron chi connectivity index (χ1n) is 6.90. The van der Waals surface area contributed by atoms with Crippen LogP contribution in [-0.2, 0) is 9.53 Å². The van der Waals surface area contributed by atoms with E-state index in [4.69, 9.17) is 4.74 Å². The van der Waals surface area contributed by atoms with Gasteiger partial charge >= 0.3 is 0 Å². The average Bonchev–Trinajstić information content (AvgIpc) is 2.43. The number of aromatic hydroxyl groups is 1. The molecule has 0 saturated heterocycles. The third kappa shape index (κ3) is 2.12. The molecule has 0 fully saturated rings. The highest BCUT2D eigenvalue weighted by Gasteiger charge is 2.40. The molecule has 1 aromatic rings. The van der Waals surface area contributed by atoms with E-state index in [2.05, 4.69) is 0 Å². The van der Waals surface area contributed by atoms with Gasteiger partial charge in [-0.05, 0) is 13.0 Å². The summed E-state index contributed by atoms with van der Waals surface area (Å²) >= 11 is 0. The fourth-order valence-corrected chi connectivity index (χ4v) is 3.10. The van der Waals surface area contributed by atoms with Gasteiger partial charge in [-0.1, -0.05) is 12.1 Å². The van der Waals surface area contributed by atoms with E-state index in [1.54, 1.807) is 6.92 Å². The second-order valence-electron chi connectivity index (χ2n) is 5.43. The zero-order valence-corrected chi connectivity index (χ0v) is 11.8.